The third-order valence-electron chi connectivity index (χ3n) is 4.01. The molecule has 2 rings (SSSR count). The molecule has 1 heterocycles. The molecule has 0 bridgehead atoms. The number of hydrogen-bond donors (Lipinski definition) is 1. The van der Waals surface area contributed by atoms with E-state index in [4.69, 9.17) is 19.9 Å². The minimum atomic E-state index is -0.735. The molecule has 2 N–H and O–H groups in total. The number of aryl methyl sites for hydroxylation is 2. The zero-order valence-electron chi connectivity index (χ0n) is 16.0. The molecule has 2 aromatic rings. The highest BCUT2D eigenvalue weighted by Gasteiger charge is 2.28. The highest BCUT2D eigenvalue weighted by molar-refractivity contribution is 7.18. The summed E-state index contributed by atoms with van der Waals surface area (Å²) >= 11 is 0.862. The van der Waals surface area contributed by atoms with E-state index in [1.807, 2.05) is 26.0 Å². The van der Waals surface area contributed by atoms with Crippen molar-refractivity contribution in [3.05, 3.63) is 45.3 Å². The van der Waals surface area contributed by atoms with Crippen LogP contribution in [-0.2, 0) is 25.6 Å². The summed E-state index contributed by atoms with van der Waals surface area (Å²) in [6.07, 6.45) is 0. The van der Waals surface area contributed by atoms with E-state index < -0.39 is 17.9 Å². The Bertz CT molecular complexity index is 904. The molecule has 150 valence electrons. The van der Waals surface area contributed by atoms with Gasteiger partial charge in [-0.15, -0.1) is 11.3 Å². The summed E-state index contributed by atoms with van der Waals surface area (Å²) in [5.74, 6) is -1.56. The number of rotatable bonds is 7. The third-order valence-corrected chi connectivity index (χ3v) is 5.05. The smallest absolute Gasteiger partial charge is 0.348 e. The summed E-state index contributed by atoms with van der Waals surface area (Å²) in [5, 5.41) is 0.0738. The number of thiophene rings is 1. The predicted octanol–water partition coefficient (Wildman–Crippen LogP) is 2.64. The minimum absolute atomic E-state index is 0.0178. The molecule has 0 fully saturated rings. The number of nitrogens with two attached hydrogens (primary N) is 1. The lowest BCUT2D eigenvalue weighted by Crippen LogP contribution is -2.17. The summed E-state index contributed by atoms with van der Waals surface area (Å²) < 4.78 is 20.0. The largest absolute Gasteiger partial charge is 0.482 e. The fraction of sp³-hybridized carbons (Fsp3) is 0.316. The van der Waals surface area contributed by atoms with Gasteiger partial charge < -0.3 is 24.7 Å². The van der Waals surface area contributed by atoms with E-state index >= 15 is 0 Å². The van der Waals surface area contributed by atoms with Gasteiger partial charge in [0.05, 0.1) is 14.2 Å². The van der Waals surface area contributed by atoms with Crippen molar-refractivity contribution in [3.8, 4) is 5.75 Å². The van der Waals surface area contributed by atoms with Gasteiger partial charge in [0.25, 0.3) is 0 Å². The van der Waals surface area contributed by atoms with Crippen LogP contribution in [0.1, 0.15) is 36.7 Å². The highest BCUT2D eigenvalue weighted by atomic mass is 32.1. The molecule has 1 aromatic heterocycles. The van der Waals surface area contributed by atoms with E-state index in [1.54, 1.807) is 6.07 Å². The average molecular weight is 407 g/mol. The Morgan fingerprint density at radius 1 is 1.04 bits per heavy atom. The van der Waals surface area contributed by atoms with Crippen molar-refractivity contribution in [1.82, 2.24) is 0 Å². The Kier molecular flexibility index (Phi) is 7.00. The molecule has 0 saturated carbocycles. The van der Waals surface area contributed by atoms with Crippen LogP contribution in [0, 0.1) is 13.8 Å². The maximum Gasteiger partial charge on any atom is 0.348 e. The molecule has 0 amide bonds. The van der Waals surface area contributed by atoms with E-state index in [1.165, 1.54) is 14.2 Å². The van der Waals surface area contributed by atoms with Crippen molar-refractivity contribution in [2.45, 2.75) is 20.5 Å². The van der Waals surface area contributed by atoms with Gasteiger partial charge in [0.1, 0.15) is 27.8 Å². The zero-order valence-corrected chi connectivity index (χ0v) is 16.8. The second kappa shape index (κ2) is 9.23. The van der Waals surface area contributed by atoms with Gasteiger partial charge in [-0.05, 0) is 37.1 Å². The molecule has 0 atom stereocenters. The summed E-state index contributed by atoms with van der Waals surface area (Å²) in [6, 6.07) is 5.45. The van der Waals surface area contributed by atoms with Gasteiger partial charge in [-0.2, -0.15) is 0 Å². The Hall–Kier alpha value is -3.07. The van der Waals surface area contributed by atoms with Crippen LogP contribution in [0.4, 0.5) is 5.00 Å². The van der Waals surface area contributed by atoms with Crippen molar-refractivity contribution in [1.29, 1.82) is 0 Å². The zero-order chi connectivity index (χ0) is 20.8. The summed E-state index contributed by atoms with van der Waals surface area (Å²) in [7, 11) is 2.38. The molecule has 28 heavy (non-hydrogen) atoms. The second-order valence-electron chi connectivity index (χ2n) is 5.83. The first kappa shape index (κ1) is 21.2. The number of carbonyl (C=O) groups excluding carboxylic acids is 3. The molecule has 0 unspecified atom stereocenters. The lowest BCUT2D eigenvalue weighted by molar-refractivity contribution is -0.147. The number of methoxy groups -OCH3 is 2. The quantitative estimate of drug-likeness (QED) is 0.550. The molecule has 0 saturated heterocycles. The Labute approximate surface area is 166 Å². The van der Waals surface area contributed by atoms with Crippen molar-refractivity contribution >= 4 is 34.2 Å². The highest BCUT2D eigenvalue weighted by Crippen LogP contribution is 2.33. The first-order valence-electron chi connectivity index (χ1n) is 8.21. The lowest BCUT2D eigenvalue weighted by atomic mass is 10.1. The molecule has 0 aliphatic carbocycles. The molecule has 0 radical (unpaired) electrons. The summed E-state index contributed by atoms with van der Waals surface area (Å²) in [4.78, 5) is 36.0. The van der Waals surface area contributed by atoms with Crippen LogP contribution in [0.3, 0.4) is 0 Å². The molecule has 0 spiro atoms. The number of hydrogen-bond acceptors (Lipinski definition) is 9. The van der Waals surface area contributed by atoms with Crippen molar-refractivity contribution in [2.75, 3.05) is 26.6 Å². The topological polar surface area (TPSA) is 114 Å². The van der Waals surface area contributed by atoms with Crippen LogP contribution >= 0.6 is 11.3 Å². The van der Waals surface area contributed by atoms with Crippen LogP contribution in [-0.4, -0.2) is 38.7 Å². The van der Waals surface area contributed by atoms with E-state index in [0.717, 1.165) is 22.5 Å². The standard InChI is InChI=1S/C19H21NO7S/c1-10-5-6-12(7-11(10)2)26-9-14(21)27-8-13-15(18(22)24-3)17(20)28-16(13)19(23)25-4/h5-7H,8-9,20H2,1-4H3. The summed E-state index contributed by atoms with van der Waals surface area (Å²) in [5.41, 5.74) is 8.08. The first-order chi connectivity index (χ1) is 13.3. The summed E-state index contributed by atoms with van der Waals surface area (Å²) in [6.45, 7) is 3.23. The van der Waals surface area contributed by atoms with Crippen molar-refractivity contribution < 1.29 is 33.3 Å². The van der Waals surface area contributed by atoms with Gasteiger partial charge in [-0.25, -0.2) is 14.4 Å². The van der Waals surface area contributed by atoms with Crippen molar-refractivity contribution in [2.24, 2.45) is 0 Å². The molecule has 8 nitrogen and oxygen atoms in total. The van der Waals surface area contributed by atoms with Crippen molar-refractivity contribution in [3.63, 3.8) is 0 Å². The fourth-order valence-corrected chi connectivity index (χ4v) is 3.33. The normalized spacial score (nSPS) is 10.3. The SMILES string of the molecule is COC(=O)c1sc(N)c(C(=O)OC)c1COC(=O)COc1ccc(C)c(C)c1. The van der Waals surface area contributed by atoms with Gasteiger partial charge in [0.2, 0.25) is 0 Å². The third kappa shape index (κ3) is 4.80. The van der Waals surface area contributed by atoms with Crippen LogP contribution in [0.15, 0.2) is 18.2 Å². The molecular weight excluding hydrogens is 386 g/mol. The molecule has 0 aliphatic heterocycles. The Balaban J connectivity index is 2.09. The first-order valence-corrected chi connectivity index (χ1v) is 9.03. The van der Waals surface area contributed by atoms with Gasteiger partial charge in [-0.3, -0.25) is 0 Å². The number of benzene rings is 1. The van der Waals surface area contributed by atoms with Gasteiger partial charge in [-0.1, -0.05) is 6.07 Å². The van der Waals surface area contributed by atoms with Crippen LogP contribution in [0.5, 0.6) is 5.75 Å². The minimum Gasteiger partial charge on any atom is -0.482 e. The van der Waals surface area contributed by atoms with E-state index in [2.05, 4.69) is 4.74 Å². The Morgan fingerprint density at radius 3 is 2.32 bits per heavy atom. The molecule has 9 heteroatoms. The van der Waals surface area contributed by atoms with Gasteiger partial charge in [0, 0.05) is 5.56 Å². The number of carbonyl (C=O) groups is 3. The van der Waals surface area contributed by atoms with Gasteiger partial charge >= 0.3 is 17.9 Å². The fourth-order valence-electron chi connectivity index (χ4n) is 2.35. The predicted molar refractivity (Wildman–Crippen MR) is 103 cm³/mol. The number of anilines is 1. The van der Waals surface area contributed by atoms with Gasteiger partial charge in [0.15, 0.2) is 6.61 Å². The molecule has 1 aromatic carbocycles. The average Bonchev–Trinajstić information content (AvgIpc) is 3.02. The van der Waals surface area contributed by atoms with Crippen LogP contribution in [0.25, 0.3) is 0 Å². The van der Waals surface area contributed by atoms with E-state index in [-0.39, 0.29) is 34.2 Å². The lowest BCUT2D eigenvalue weighted by Gasteiger charge is -2.10. The molecular formula is C19H21NO7S. The van der Waals surface area contributed by atoms with Crippen LogP contribution in [0.2, 0.25) is 0 Å². The van der Waals surface area contributed by atoms with E-state index in [0.29, 0.717) is 5.75 Å². The number of nitrogen functional groups attached to an aromatic ring is 1. The number of esters is 3. The van der Waals surface area contributed by atoms with Crippen LogP contribution < -0.4 is 10.5 Å². The number of ether oxygens (including phenoxy) is 4. The maximum atomic E-state index is 12.0. The molecule has 0 aliphatic rings. The second-order valence-corrected chi connectivity index (χ2v) is 6.88. The maximum absolute atomic E-state index is 12.0. The Morgan fingerprint density at radius 2 is 1.71 bits per heavy atom. The van der Waals surface area contributed by atoms with E-state index in [9.17, 15) is 14.4 Å². The monoisotopic (exact) mass is 407 g/mol.